The molecule has 0 unspecified atom stereocenters. The first-order valence-electron chi connectivity index (χ1n) is 7.44. The van der Waals surface area contributed by atoms with Gasteiger partial charge in [-0.3, -0.25) is 0 Å². The van der Waals surface area contributed by atoms with E-state index in [1.54, 1.807) is 11.3 Å². The van der Waals surface area contributed by atoms with E-state index in [0.29, 0.717) is 0 Å². The normalized spacial score (nSPS) is 11.0. The summed E-state index contributed by atoms with van der Waals surface area (Å²) < 4.78 is 1.25. The summed E-state index contributed by atoms with van der Waals surface area (Å²) in [6.07, 6.45) is 0. The average molecular weight is 296 g/mol. The zero-order valence-corrected chi connectivity index (χ0v) is 13.6. The topological polar surface area (TPSA) is 16.1 Å². The van der Waals surface area contributed by atoms with Crippen LogP contribution >= 0.6 is 11.3 Å². The molecule has 2 aromatic carbocycles. The van der Waals surface area contributed by atoms with Gasteiger partial charge in [-0.05, 0) is 56.7 Å². The fraction of sp³-hybridized carbons (Fsp3) is 0.278. The zero-order chi connectivity index (χ0) is 14.8. The van der Waals surface area contributed by atoms with E-state index in [0.717, 1.165) is 23.6 Å². The number of rotatable bonds is 4. The lowest BCUT2D eigenvalue weighted by atomic mass is 10.1. The van der Waals surface area contributed by atoms with Crippen LogP contribution < -0.4 is 4.90 Å². The van der Waals surface area contributed by atoms with Gasteiger partial charge in [0.1, 0.15) is 5.01 Å². The Morgan fingerprint density at radius 3 is 2.52 bits per heavy atom. The first kappa shape index (κ1) is 14.1. The molecule has 108 valence electrons. The van der Waals surface area contributed by atoms with Crippen molar-refractivity contribution in [1.82, 2.24) is 4.98 Å². The number of benzene rings is 2. The van der Waals surface area contributed by atoms with Gasteiger partial charge >= 0.3 is 0 Å². The maximum atomic E-state index is 4.78. The largest absolute Gasteiger partial charge is 0.372 e. The lowest BCUT2D eigenvalue weighted by Gasteiger charge is -2.22. The fourth-order valence-corrected chi connectivity index (χ4v) is 3.61. The molecule has 0 aliphatic heterocycles. The Labute approximate surface area is 130 Å². The van der Waals surface area contributed by atoms with Crippen molar-refractivity contribution in [2.24, 2.45) is 0 Å². The lowest BCUT2D eigenvalue weighted by Crippen LogP contribution is -2.21. The van der Waals surface area contributed by atoms with Crippen LogP contribution in [0.15, 0.2) is 42.5 Å². The second-order valence-electron chi connectivity index (χ2n) is 5.22. The Morgan fingerprint density at radius 2 is 1.81 bits per heavy atom. The molecule has 0 aliphatic rings. The first-order chi connectivity index (χ1) is 10.2. The Hall–Kier alpha value is -1.87. The molecule has 21 heavy (non-hydrogen) atoms. The molecule has 0 saturated carbocycles. The van der Waals surface area contributed by atoms with E-state index >= 15 is 0 Å². The molecule has 0 amide bonds. The van der Waals surface area contributed by atoms with E-state index in [9.17, 15) is 0 Å². The first-order valence-corrected chi connectivity index (χ1v) is 8.25. The summed E-state index contributed by atoms with van der Waals surface area (Å²) in [6, 6.07) is 15.1. The van der Waals surface area contributed by atoms with Gasteiger partial charge in [-0.15, -0.1) is 11.3 Å². The molecule has 0 spiro atoms. The summed E-state index contributed by atoms with van der Waals surface area (Å²) in [6.45, 7) is 8.61. The number of aromatic nitrogens is 1. The third-order valence-electron chi connectivity index (χ3n) is 3.73. The van der Waals surface area contributed by atoms with Crippen LogP contribution in [-0.2, 0) is 0 Å². The molecule has 0 aliphatic carbocycles. The van der Waals surface area contributed by atoms with Gasteiger partial charge in [-0.1, -0.05) is 12.1 Å². The smallest absolute Gasteiger partial charge is 0.124 e. The highest BCUT2D eigenvalue weighted by molar-refractivity contribution is 7.21. The second kappa shape index (κ2) is 5.86. The molecule has 3 rings (SSSR count). The Bertz CT molecular complexity index is 724. The third-order valence-corrected chi connectivity index (χ3v) is 4.82. The van der Waals surface area contributed by atoms with E-state index in [1.165, 1.54) is 21.5 Å². The molecule has 0 fully saturated rings. The number of hydrogen-bond donors (Lipinski definition) is 0. The maximum Gasteiger partial charge on any atom is 0.124 e. The minimum atomic E-state index is 1.03. The number of nitrogens with zero attached hydrogens (tertiary/aromatic N) is 2. The van der Waals surface area contributed by atoms with Crippen molar-refractivity contribution in [2.45, 2.75) is 20.8 Å². The highest BCUT2D eigenvalue weighted by Crippen LogP contribution is 2.32. The van der Waals surface area contributed by atoms with Gasteiger partial charge in [0.05, 0.1) is 10.2 Å². The summed E-state index contributed by atoms with van der Waals surface area (Å²) in [7, 11) is 0. The van der Waals surface area contributed by atoms with Crippen molar-refractivity contribution in [3.05, 3.63) is 48.0 Å². The number of anilines is 1. The van der Waals surface area contributed by atoms with Crippen molar-refractivity contribution in [3.63, 3.8) is 0 Å². The second-order valence-corrected chi connectivity index (χ2v) is 6.25. The van der Waals surface area contributed by atoms with Crippen molar-refractivity contribution in [1.29, 1.82) is 0 Å². The van der Waals surface area contributed by atoms with Crippen molar-refractivity contribution < 1.29 is 0 Å². The highest BCUT2D eigenvalue weighted by Gasteiger charge is 2.09. The van der Waals surface area contributed by atoms with Gasteiger partial charge in [0.15, 0.2) is 0 Å². The van der Waals surface area contributed by atoms with E-state index in [2.05, 4.69) is 62.1 Å². The lowest BCUT2D eigenvalue weighted by molar-refractivity contribution is 0.866. The van der Waals surface area contributed by atoms with Gasteiger partial charge in [-0.25, -0.2) is 4.98 Å². The molecule has 3 heteroatoms. The van der Waals surface area contributed by atoms with Gasteiger partial charge in [0.25, 0.3) is 0 Å². The van der Waals surface area contributed by atoms with Crippen molar-refractivity contribution in [3.8, 4) is 10.6 Å². The van der Waals surface area contributed by atoms with Crippen molar-refractivity contribution in [2.75, 3.05) is 18.0 Å². The Balaban J connectivity index is 2.09. The fourth-order valence-electron chi connectivity index (χ4n) is 2.65. The molecule has 0 N–H and O–H groups in total. The van der Waals surface area contributed by atoms with Gasteiger partial charge in [0.2, 0.25) is 0 Å². The zero-order valence-electron chi connectivity index (χ0n) is 12.8. The molecule has 1 aromatic heterocycles. The van der Waals surface area contributed by atoms with E-state index in [-0.39, 0.29) is 0 Å². The molecule has 0 bridgehead atoms. The molecule has 0 radical (unpaired) electrons. The van der Waals surface area contributed by atoms with E-state index < -0.39 is 0 Å². The summed E-state index contributed by atoms with van der Waals surface area (Å²) in [4.78, 5) is 7.15. The SMILES string of the molecule is CCN(CC)c1cc(C)cc(-c2nc3ccccc3s2)c1. The minimum absolute atomic E-state index is 1.03. The van der Waals surface area contributed by atoms with Crippen LogP contribution in [-0.4, -0.2) is 18.1 Å². The Morgan fingerprint density at radius 1 is 1.05 bits per heavy atom. The predicted molar refractivity (Wildman–Crippen MR) is 93.4 cm³/mol. The van der Waals surface area contributed by atoms with Crippen LogP contribution in [0.4, 0.5) is 5.69 Å². The molecule has 1 heterocycles. The molecule has 0 atom stereocenters. The quantitative estimate of drug-likeness (QED) is 0.664. The Kier molecular flexibility index (Phi) is 3.93. The molecule has 2 nitrogen and oxygen atoms in total. The number of aryl methyl sites for hydroxylation is 1. The van der Waals surface area contributed by atoms with Gasteiger partial charge < -0.3 is 4.90 Å². The summed E-state index contributed by atoms with van der Waals surface area (Å²) in [5.74, 6) is 0. The predicted octanol–water partition coefficient (Wildman–Crippen LogP) is 5.12. The third kappa shape index (κ3) is 2.79. The summed E-state index contributed by atoms with van der Waals surface area (Å²) >= 11 is 1.77. The number of thiazole rings is 1. The maximum absolute atomic E-state index is 4.78. The van der Waals surface area contributed by atoms with Crippen LogP contribution in [0.5, 0.6) is 0 Å². The van der Waals surface area contributed by atoms with Crippen LogP contribution in [0.25, 0.3) is 20.8 Å². The van der Waals surface area contributed by atoms with Gasteiger partial charge in [-0.2, -0.15) is 0 Å². The number of fused-ring (bicyclic) bond motifs is 1. The van der Waals surface area contributed by atoms with E-state index in [4.69, 9.17) is 4.98 Å². The van der Waals surface area contributed by atoms with E-state index in [1.807, 2.05) is 6.07 Å². The van der Waals surface area contributed by atoms with Crippen LogP contribution in [0.3, 0.4) is 0 Å². The number of para-hydroxylation sites is 1. The average Bonchev–Trinajstić information content (AvgIpc) is 2.92. The van der Waals surface area contributed by atoms with Crippen LogP contribution in [0.2, 0.25) is 0 Å². The van der Waals surface area contributed by atoms with Gasteiger partial charge in [0, 0.05) is 24.3 Å². The standard InChI is InChI=1S/C18H20N2S/c1-4-20(5-2)15-11-13(3)10-14(12-15)18-19-16-8-6-7-9-17(16)21-18/h6-12H,4-5H2,1-3H3. The molecular formula is C18H20N2S. The molecular weight excluding hydrogens is 276 g/mol. The number of hydrogen-bond acceptors (Lipinski definition) is 3. The van der Waals surface area contributed by atoms with Crippen LogP contribution in [0.1, 0.15) is 19.4 Å². The van der Waals surface area contributed by atoms with Crippen molar-refractivity contribution >= 4 is 27.2 Å². The highest BCUT2D eigenvalue weighted by atomic mass is 32.1. The summed E-state index contributed by atoms with van der Waals surface area (Å²) in [5.41, 5.74) is 4.88. The molecule has 0 saturated heterocycles. The van der Waals surface area contributed by atoms with Crippen LogP contribution in [0, 0.1) is 6.92 Å². The minimum Gasteiger partial charge on any atom is -0.372 e. The molecule has 3 aromatic rings. The monoisotopic (exact) mass is 296 g/mol. The summed E-state index contributed by atoms with van der Waals surface area (Å²) in [5, 5.41) is 1.10.